The van der Waals surface area contributed by atoms with Gasteiger partial charge in [-0.05, 0) is 31.0 Å². The Bertz CT molecular complexity index is 984. The first-order chi connectivity index (χ1) is 13.6. The number of aromatic nitrogens is 1. The summed E-state index contributed by atoms with van der Waals surface area (Å²) in [6.07, 6.45) is 1.10. The Kier molecular flexibility index (Phi) is 6.90. The number of hydrogen-bond donors (Lipinski definition) is 0. The minimum absolute atomic E-state index is 0.212. The normalized spacial score (nSPS) is 15.9. The van der Waals surface area contributed by atoms with Crippen LogP contribution in [0.2, 0.25) is 0 Å². The van der Waals surface area contributed by atoms with Crippen LogP contribution in [0.15, 0.2) is 12.1 Å². The summed E-state index contributed by atoms with van der Waals surface area (Å²) >= 11 is 1.47. The topological polar surface area (TPSA) is 83.0 Å². The van der Waals surface area contributed by atoms with Gasteiger partial charge >= 0.3 is 0 Å². The molecule has 1 fully saturated rings. The number of anilines is 1. The molecule has 1 amide bonds. The van der Waals surface area contributed by atoms with E-state index in [1.54, 1.807) is 4.90 Å². The average Bonchev–Trinajstić information content (AvgIpc) is 3.06. The van der Waals surface area contributed by atoms with E-state index in [4.69, 9.17) is 9.72 Å². The molecule has 0 bridgehead atoms. The predicted molar refractivity (Wildman–Crippen MR) is 116 cm³/mol. The molecule has 1 aromatic heterocycles. The molecule has 160 valence electrons. The highest BCUT2D eigenvalue weighted by Gasteiger charge is 2.25. The summed E-state index contributed by atoms with van der Waals surface area (Å²) in [7, 11) is -2.03. The fourth-order valence-electron chi connectivity index (χ4n) is 3.27. The van der Waals surface area contributed by atoms with E-state index in [-0.39, 0.29) is 12.5 Å². The Labute approximate surface area is 176 Å². The van der Waals surface area contributed by atoms with Gasteiger partial charge in [-0.15, -0.1) is 0 Å². The van der Waals surface area contributed by atoms with Gasteiger partial charge in [0.25, 0.3) is 0 Å². The fourth-order valence-corrected chi connectivity index (χ4v) is 4.67. The van der Waals surface area contributed by atoms with E-state index in [1.807, 2.05) is 19.9 Å². The molecule has 2 heterocycles. The Hall–Kier alpha value is -1.59. The van der Waals surface area contributed by atoms with Crippen molar-refractivity contribution in [3.63, 3.8) is 0 Å². The summed E-state index contributed by atoms with van der Waals surface area (Å²) in [5.74, 6) is -0.278. The second-order valence-electron chi connectivity index (χ2n) is 7.44. The number of rotatable bonds is 7. The average molecular weight is 441 g/mol. The lowest BCUT2D eigenvalue weighted by Gasteiger charge is -2.29. The lowest BCUT2D eigenvalue weighted by atomic mass is 10.1. The maximum atomic E-state index is 13.0. The van der Waals surface area contributed by atoms with E-state index in [2.05, 4.69) is 11.0 Å². The van der Waals surface area contributed by atoms with Crippen molar-refractivity contribution in [2.45, 2.75) is 13.8 Å². The van der Waals surface area contributed by atoms with E-state index in [1.165, 1.54) is 18.4 Å². The first kappa shape index (κ1) is 22.1. The fraction of sp³-hybridized carbons (Fsp3) is 0.579. The van der Waals surface area contributed by atoms with Gasteiger partial charge in [-0.3, -0.25) is 14.6 Å². The Morgan fingerprint density at radius 1 is 1.28 bits per heavy atom. The molecule has 2 aromatic rings. The molecule has 1 saturated heterocycles. The molecule has 1 aromatic carbocycles. The predicted octanol–water partition coefficient (Wildman–Crippen LogP) is 1.47. The van der Waals surface area contributed by atoms with Gasteiger partial charge in [-0.25, -0.2) is 13.4 Å². The molecule has 0 saturated carbocycles. The molecule has 0 aliphatic carbocycles. The number of thiazole rings is 1. The van der Waals surface area contributed by atoms with Crippen molar-refractivity contribution in [2.75, 3.05) is 64.1 Å². The number of likely N-dealkylation sites (N-methyl/N-ethyl adjacent to an activating group) is 1. The van der Waals surface area contributed by atoms with Gasteiger partial charge in [0, 0.05) is 33.2 Å². The molecule has 0 spiro atoms. The van der Waals surface area contributed by atoms with Crippen LogP contribution in [0.3, 0.4) is 0 Å². The zero-order chi connectivity index (χ0) is 21.2. The molecule has 29 heavy (non-hydrogen) atoms. The molecule has 0 unspecified atom stereocenters. The summed E-state index contributed by atoms with van der Waals surface area (Å²) in [4.78, 5) is 21.6. The third-order valence-corrected chi connectivity index (χ3v) is 7.50. The van der Waals surface area contributed by atoms with Crippen molar-refractivity contribution >= 4 is 42.6 Å². The summed E-state index contributed by atoms with van der Waals surface area (Å²) < 4.78 is 31.1. The molecule has 0 atom stereocenters. The third-order valence-electron chi connectivity index (χ3n) is 5.01. The van der Waals surface area contributed by atoms with E-state index in [0.717, 1.165) is 45.0 Å². The number of aryl methyl sites for hydroxylation is 2. The monoisotopic (exact) mass is 440 g/mol. The summed E-state index contributed by atoms with van der Waals surface area (Å²) in [6.45, 7) is 8.00. The van der Waals surface area contributed by atoms with E-state index >= 15 is 0 Å². The molecule has 0 radical (unpaired) electrons. The molecule has 0 N–H and O–H groups in total. The number of nitrogens with zero attached hydrogens (tertiary/aromatic N) is 4. The van der Waals surface area contributed by atoms with Gasteiger partial charge in [0.05, 0.1) is 36.2 Å². The number of morpholine rings is 1. The van der Waals surface area contributed by atoms with Gasteiger partial charge in [0.2, 0.25) is 15.9 Å². The Morgan fingerprint density at radius 3 is 2.62 bits per heavy atom. The zero-order valence-electron chi connectivity index (χ0n) is 17.3. The van der Waals surface area contributed by atoms with Crippen LogP contribution in [0.4, 0.5) is 5.13 Å². The van der Waals surface area contributed by atoms with Gasteiger partial charge in [0.1, 0.15) is 0 Å². The van der Waals surface area contributed by atoms with Gasteiger partial charge in [-0.2, -0.15) is 4.31 Å². The van der Waals surface area contributed by atoms with Crippen LogP contribution in [0, 0.1) is 13.8 Å². The maximum Gasteiger partial charge on any atom is 0.244 e. The van der Waals surface area contributed by atoms with Crippen LogP contribution >= 0.6 is 11.3 Å². The van der Waals surface area contributed by atoms with Crippen LogP contribution in [-0.2, 0) is 19.6 Å². The van der Waals surface area contributed by atoms with Gasteiger partial charge in [-0.1, -0.05) is 17.4 Å². The second-order valence-corrected chi connectivity index (χ2v) is 10.5. The van der Waals surface area contributed by atoms with Crippen LogP contribution in [0.25, 0.3) is 10.2 Å². The SMILES string of the molecule is Cc1cc(C)c2sc(N(CCN3CCOCC3)C(=O)CN(C)S(C)(=O)=O)nc2c1. The minimum Gasteiger partial charge on any atom is -0.379 e. The lowest BCUT2D eigenvalue weighted by Crippen LogP contribution is -2.46. The van der Waals surface area contributed by atoms with Crippen LogP contribution in [0.1, 0.15) is 11.1 Å². The van der Waals surface area contributed by atoms with Crippen molar-refractivity contribution in [2.24, 2.45) is 0 Å². The first-order valence-electron chi connectivity index (χ1n) is 9.54. The standard InChI is InChI=1S/C19H28N4O4S2/c1-14-11-15(2)18-16(12-14)20-19(28-18)23(6-5-22-7-9-27-10-8-22)17(24)13-21(3)29(4,25)26/h11-12H,5-10,13H2,1-4H3. The lowest BCUT2D eigenvalue weighted by molar-refractivity contribution is -0.118. The number of ether oxygens (including phenoxy) is 1. The van der Waals surface area contributed by atoms with E-state index in [0.29, 0.717) is 31.4 Å². The van der Waals surface area contributed by atoms with Gasteiger partial charge < -0.3 is 4.74 Å². The molecule has 10 heteroatoms. The highest BCUT2D eigenvalue weighted by atomic mass is 32.2. The largest absolute Gasteiger partial charge is 0.379 e. The van der Waals surface area contributed by atoms with Crippen molar-refractivity contribution in [1.82, 2.24) is 14.2 Å². The van der Waals surface area contributed by atoms with Crippen LogP contribution in [-0.4, -0.2) is 87.8 Å². The highest BCUT2D eigenvalue weighted by Crippen LogP contribution is 2.32. The number of benzene rings is 1. The molecular weight excluding hydrogens is 412 g/mol. The first-order valence-corrected chi connectivity index (χ1v) is 12.2. The van der Waals surface area contributed by atoms with Crippen molar-refractivity contribution in [3.8, 4) is 0 Å². The third kappa shape index (κ3) is 5.52. The van der Waals surface area contributed by atoms with Crippen molar-refractivity contribution < 1.29 is 17.9 Å². The number of sulfonamides is 1. The van der Waals surface area contributed by atoms with Crippen molar-refractivity contribution in [3.05, 3.63) is 23.3 Å². The zero-order valence-corrected chi connectivity index (χ0v) is 19.0. The number of hydrogen-bond acceptors (Lipinski definition) is 7. The number of amides is 1. The molecule has 1 aliphatic rings. The van der Waals surface area contributed by atoms with Crippen LogP contribution < -0.4 is 4.90 Å². The van der Waals surface area contributed by atoms with Gasteiger partial charge in [0.15, 0.2) is 5.13 Å². The molecule has 1 aliphatic heterocycles. The summed E-state index contributed by atoms with van der Waals surface area (Å²) in [5, 5.41) is 0.605. The number of carbonyl (C=O) groups is 1. The number of fused-ring (bicyclic) bond motifs is 1. The summed E-state index contributed by atoms with van der Waals surface area (Å²) in [6, 6.07) is 4.11. The second kappa shape index (κ2) is 9.05. The smallest absolute Gasteiger partial charge is 0.244 e. The molecule has 3 rings (SSSR count). The minimum atomic E-state index is -3.44. The van der Waals surface area contributed by atoms with E-state index < -0.39 is 10.0 Å². The van der Waals surface area contributed by atoms with E-state index in [9.17, 15) is 13.2 Å². The van der Waals surface area contributed by atoms with Crippen molar-refractivity contribution in [1.29, 1.82) is 0 Å². The number of carbonyl (C=O) groups excluding carboxylic acids is 1. The molecular formula is C19H28N4O4S2. The Balaban J connectivity index is 1.87. The quantitative estimate of drug-likeness (QED) is 0.648. The molecule has 8 nitrogen and oxygen atoms in total. The highest BCUT2D eigenvalue weighted by molar-refractivity contribution is 7.88. The van der Waals surface area contributed by atoms with Crippen LogP contribution in [0.5, 0.6) is 0 Å². The Morgan fingerprint density at radius 2 is 1.97 bits per heavy atom. The maximum absolute atomic E-state index is 13.0. The summed E-state index contributed by atoms with van der Waals surface area (Å²) in [5.41, 5.74) is 3.11.